The molecule has 1 aromatic carbocycles. The fourth-order valence-corrected chi connectivity index (χ4v) is 2.28. The molecule has 0 aliphatic rings. The number of carbonyl (C=O) groups is 2. The summed E-state index contributed by atoms with van der Waals surface area (Å²) in [6.07, 6.45) is 11.2. The normalized spacial score (nSPS) is 9.11. The van der Waals surface area contributed by atoms with Crippen molar-refractivity contribution in [1.29, 1.82) is 0 Å². The largest absolute Gasteiger partial charge is 2.00 e. The summed E-state index contributed by atoms with van der Waals surface area (Å²) in [6, 6.07) is 10.3. The third-order valence-electron chi connectivity index (χ3n) is 3.91. The van der Waals surface area contributed by atoms with E-state index >= 15 is 0 Å². The minimum atomic E-state index is -0.920. The van der Waals surface area contributed by atoms with E-state index < -0.39 is 11.9 Å². The SMILES string of the molecule is CCCCCCCC(=O)[O-].CCCCCCCC(=O)[O-].Cc1ccccc1.[Co+2]. The first-order valence-corrected chi connectivity index (χ1v) is 10.3. The first-order chi connectivity index (χ1) is 12.9. The maximum atomic E-state index is 9.92. The summed E-state index contributed by atoms with van der Waals surface area (Å²) in [5, 5.41) is 19.8. The van der Waals surface area contributed by atoms with Crippen molar-refractivity contribution in [1.82, 2.24) is 0 Å². The minimum absolute atomic E-state index is 0. The van der Waals surface area contributed by atoms with Crippen molar-refractivity contribution in [3.8, 4) is 0 Å². The summed E-state index contributed by atoms with van der Waals surface area (Å²) in [4.78, 5) is 19.8. The van der Waals surface area contributed by atoms with E-state index in [9.17, 15) is 19.8 Å². The molecule has 0 N–H and O–H groups in total. The molecule has 0 amide bonds. The van der Waals surface area contributed by atoms with Crippen LogP contribution in [0.5, 0.6) is 0 Å². The smallest absolute Gasteiger partial charge is 0.550 e. The first-order valence-electron chi connectivity index (χ1n) is 10.3. The quantitative estimate of drug-likeness (QED) is 0.460. The molecule has 0 saturated heterocycles. The Morgan fingerprint density at radius 3 is 1.29 bits per heavy atom. The van der Waals surface area contributed by atoms with Gasteiger partial charge in [0.15, 0.2) is 0 Å². The van der Waals surface area contributed by atoms with Gasteiger partial charge in [-0.15, -0.1) is 0 Å². The van der Waals surface area contributed by atoms with Crippen molar-refractivity contribution >= 4 is 11.9 Å². The molecule has 0 unspecified atom stereocenters. The second-order valence-corrected chi connectivity index (χ2v) is 6.73. The van der Waals surface area contributed by atoms with Gasteiger partial charge < -0.3 is 19.8 Å². The van der Waals surface area contributed by atoms with Crippen molar-refractivity contribution in [2.45, 2.75) is 97.8 Å². The Labute approximate surface area is 182 Å². The average Bonchev–Trinajstić information content (AvgIpc) is 2.63. The van der Waals surface area contributed by atoms with Crippen LogP contribution in [-0.4, -0.2) is 11.9 Å². The van der Waals surface area contributed by atoms with Crippen LogP contribution in [0.15, 0.2) is 30.3 Å². The number of unbranched alkanes of at least 4 members (excludes halogenated alkanes) is 8. The van der Waals surface area contributed by atoms with Gasteiger partial charge in [-0.3, -0.25) is 0 Å². The summed E-state index contributed by atoms with van der Waals surface area (Å²) in [7, 11) is 0. The molecule has 4 nitrogen and oxygen atoms in total. The van der Waals surface area contributed by atoms with Crippen LogP contribution in [-0.2, 0) is 26.4 Å². The Balaban J connectivity index is -0.000000333. The molecule has 1 rings (SSSR count). The van der Waals surface area contributed by atoms with E-state index in [1.165, 1.54) is 31.2 Å². The molecule has 5 heteroatoms. The van der Waals surface area contributed by atoms with Crippen LogP contribution in [0.25, 0.3) is 0 Å². The molecule has 0 spiro atoms. The van der Waals surface area contributed by atoms with E-state index in [2.05, 4.69) is 32.9 Å². The Kier molecular flexibility index (Phi) is 28.8. The van der Waals surface area contributed by atoms with Crippen LogP contribution >= 0.6 is 0 Å². The van der Waals surface area contributed by atoms with Crippen molar-refractivity contribution in [2.24, 2.45) is 0 Å². The zero-order valence-electron chi connectivity index (χ0n) is 17.8. The summed E-state index contributed by atoms with van der Waals surface area (Å²) in [5.41, 5.74) is 1.32. The molecule has 0 atom stereocenters. The van der Waals surface area contributed by atoms with Gasteiger partial charge in [-0.25, -0.2) is 0 Å². The minimum Gasteiger partial charge on any atom is -0.550 e. The molecule has 163 valence electrons. The number of hydrogen-bond donors (Lipinski definition) is 0. The van der Waals surface area contributed by atoms with Crippen molar-refractivity contribution in [3.05, 3.63) is 35.9 Å². The number of carboxylic acids is 2. The summed E-state index contributed by atoms with van der Waals surface area (Å²) >= 11 is 0. The van der Waals surface area contributed by atoms with Gasteiger partial charge in [0.1, 0.15) is 0 Å². The molecule has 0 fully saturated rings. The number of rotatable bonds is 12. The third-order valence-corrected chi connectivity index (χ3v) is 3.91. The van der Waals surface area contributed by atoms with Gasteiger partial charge in [-0.2, -0.15) is 0 Å². The number of carbonyl (C=O) groups excluding carboxylic acids is 2. The predicted octanol–water partition coefficient (Wildman–Crippen LogP) is 4.19. The second-order valence-electron chi connectivity index (χ2n) is 6.73. The Morgan fingerprint density at radius 1 is 0.679 bits per heavy atom. The molecular weight excluding hydrogens is 399 g/mol. The average molecular weight is 437 g/mol. The van der Waals surface area contributed by atoms with Gasteiger partial charge in [0.2, 0.25) is 0 Å². The fourth-order valence-electron chi connectivity index (χ4n) is 2.28. The maximum Gasteiger partial charge on any atom is 2.00 e. The second kappa shape index (κ2) is 25.7. The molecule has 1 radical (unpaired) electrons. The van der Waals surface area contributed by atoms with Crippen LogP contribution in [0.3, 0.4) is 0 Å². The Bertz CT molecular complexity index is 425. The number of hydrogen-bond acceptors (Lipinski definition) is 4. The molecule has 28 heavy (non-hydrogen) atoms. The number of aliphatic carboxylic acids is 2. The van der Waals surface area contributed by atoms with E-state index in [-0.39, 0.29) is 29.6 Å². The van der Waals surface area contributed by atoms with Crippen LogP contribution in [0.1, 0.15) is 96.5 Å². The van der Waals surface area contributed by atoms with Crippen LogP contribution < -0.4 is 10.2 Å². The third kappa shape index (κ3) is 32.3. The van der Waals surface area contributed by atoms with E-state index in [4.69, 9.17) is 0 Å². The van der Waals surface area contributed by atoms with E-state index in [0.717, 1.165) is 38.5 Å². The standard InChI is InChI=1S/2C8H16O2.C7H8.Co/c2*1-2-3-4-5-6-7-8(9)10;1-7-5-3-2-4-6-7;/h2*2-7H2,1H3,(H,9,10);2-6H,1H3;/q;;;+2/p-2. The van der Waals surface area contributed by atoms with Gasteiger partial charge in [-0.1, -0.05) is 101 Å². The van der Waals surface area contributed by atoms with E-state index in [1.54, 1.807) is 0 Å². The van der Waals surface area contributed by atoms with Gasteiger partial charge in [0, 0.05) is 11.9 Å². The summed E-state index contributed by atoms with van der Waals surface area (Å²) in [6.45, 7) is 6.36. The summed E-state index contributed by atoms with van der Waals surface area (Å²) in [5.74, 6) is -1.84. The molecule has 0 aliphatic heterocycles. The van der Waals surface area contributed by atoms with E-state index in [0.29, 0.717) is 0 Å². The first kappa shape index (κ1) is 31.4. The molecule has 0 bridgehead atoms. The maximum absolute atomic E-state index is 9.92. The van der Waals surface area contributed by atoms with Gasteiger partial charge in [0.05, 0.1) is 0 Å². The monoisotopic (exact) mass is 437 g/mol. The molecule has 0 heterocycles. The van der Waals surface area contributed by atoms with Crippen molar-refractivity contribution < 1.29 is 36.6 Å². The van der Waals surface area contributed by atoms with Crippen molar-refractivity contribution in [3.63, 3.8) is 0 Å². The molecule has 0 aromatic heterocycles. The number of benzene rings is 1. The van der Waals surface area contributed by atoms with Gasteiger partial charge >= 0.3 is 16.8 Å². The molecule has 0 aliphatic carbocycles. The van der Waals surface area contributed by atoms with Crippen LogP contribution in [0.4, 0.5) is 0 Å². The fraction of sp³-hybridized carbons (Fsp3) is 0.652. The zero-order valence-corrected chi connectivity index (χ0v) is 18.9. The Hall–Kier alpha value is -1.33. The molecule has 1 aromatic rings. The van der Waals surface area contributed by atoms with Crippen LogP contribution in [0.2, 0.25) is 0 Å². The van der Waals surface area contributed by atoms with Gasteiger partial charge in [-0.05, 0) is 32.6 Å². The summed E-state index contributed by atoms with van der Waals surface area (Å²) < 4.78 is 0. The predicted molar refractivity (Wildman–Crippen MR) is 108 cm³/mol. The number of carboxylic acid groups (broad SMARTS) is 2. The topological polar surface area (TPSA) is 80.3 Å². The van der Waals surface area contributed by atoms with Crippen LogP contribution in [0, 0.1) is 6.92 Å². The van der Waals surface area contributed by atoms with Crippen molar-refractivity contribution in [2.75, 3.05) is 0 Å². The Morgan fingerprint density at radius 2 is 1.04 bits per heavy atom. The zero-order chi connectivity index (χ0) is 20.8. The van der Waals surface area contributed by atoms with E-state index in [1.807, 2.05) is 18.2 Å². The number of aryl methyl sites for hydroxylation is 1. The van der Waals surface area contributed by atoms with Gasteiger partial charge in [0.25, 0.3) is 0 Å². The molecular formula is C23H38CoO4. The molecule has 0 saturated carbocycles.